The van der Waals surface area contributed by atoms with Gasteiger partial charge in [0.25, 0.3) is 0 Å². The summed E-state index contributed by atoms with van der Waals surface area (Å²) in [5, 5.41) is 0. The van der Waals surface area contributed by atoms with Crippen molar-refractivity contribution in [3.63, 3.8) is 0 Å². The van der Waals surface area contributed by atoms with Crippen LogP contribution in [0.2, 0.25) is 0 Å². The molecule has 1 aromatic carbocycles. The Hall–Kier alpha value is -0.980. The molecule has 0 fully saturated rings. The maximum Gasteiger partial charge on any atom is 0.119 e. The molecule has 1 heteroatoms. The molecular weight excluding hydrogens is 460 g/mol. The van der Waals surface area contributed by atoms with Crippen LogP contribution in [-0.4, -0.2) is 6.61 Å². The lowest BCUT2D eigenvalue weighted by atomic mass is 9.82. The van der Waals surface area contributed by atoms with Crippen LogP contribution in [0.4, 0.5) is 0 Å². The first-order valence-electron chi connectivity index (χ1n) is 17.1. The van der Waals surface area contributed by atoms with Crippen molar-refractivity contribution < 1.29 is 4.74 Å². The largest absolute Gasteiger partial charge is 0.494 e. The van der Waals surface area contributed by atoms with Crippen LogP contribution in [0.5, 0.6) is 5.75 Å². The first kappa shape index (κ1) is 35.0. The standard InChI is InChI=1S/C37H68O/c1-8-10-11-12-16-19-28-38-37-26-24-36(25-27-37)34(7)30-35(23-22-33(6)29-32(5)9-2)21-18-15-13-14-17-20-31(3)4/h24-27,31-35H,8-23,28-30H2,1-7H3. The van der Waals surface area contributed by atoms with E-state index in [-0.39, 0.29) is 0 Å². The Balaban J connectivity index is 2.50. The van der Waals surface area contributed by atoms with Gasteiger partial charge in [0.1, 0.15) is 5.75 Å². The molecule has 38 heavy (non-hydrogen) atoms. The number of ether oxygens (including phenoxy) is 1. The van der Waals surface area contributed by atoms with Crippen LogP contribution in [0.15, 0.2) is 24.3 Å². The van der Waals surface area contributed by atoms with Gasteiger partial charge in [-0.15, -0.1) is 0 Å². The molecule has 1 rings (SSSR count). The molecule has 0 radical (unpaired) electrons. The second-order valence-electron chi connectivity index (χ2n) is 13.4. The lowest BCUT2D eigenvalue weighted by Gasteiger charge is -2.24. The fourth-order valence-electron chi connectivity index (χ4n) is 5.99. The van der Waals surface area contributed by atoms with Gasteiger partial charge in [0.05, 0.1) is 6.61 Å². The number of hydrogen-bond acceptors (Lipinski definition) is 1. The van der Waals surface area contributed by atoms with Gasteiger partial charge in [-0.05, 0) is 66.5 Å². The van der Waals surface area contributed by atoms with Gasteiger partial charge in [0.2, 0.25) is 0 Å². The Kier molecular flexibility index (Phi) is 21.0. The van der Waals surface area contributed by atoms with E-state index in [1.54, 1.807) is 0 Å². The first-order chi connectivity index (χ1) is 18.3. The normalized spacial score (nSPS) is 14.9. The lowest BCUT2D eigenvalue weighted by molar-refractivity contribution is 0.303. The molecule has 4 unspecified atom stereocenters. The number of rotatable bonds is 25. The van der Waals surface area contributed by atoms with E-state index >= 15 is 0 Å². The van der Waals surface area contributed by atoms with Gasteiger partial charge in [-0.1, -0.05) is 157 Å². The van der Waals surface area contributed by atoms with Gasteiger partial charge in [0.15, 0.2) is 0 Å². The van der Waals surface area contributed by atoms with E-state index < -0.39 is 0 Å². The second kappa shape index (κ2) is 22.8. The molecule has 4 atom stereocenters. The fourth-order valence-corrected chi connectivity index (χ4v) is 5.99. The molecule has 1 aromatic rings. The first-order valence-corrected chi connectivity index (χ1v) is 17.1. The number of benzene rings is 1. The van der Waals surface area contributed by atoms with Crippen molar-refractivity contribution in [3.05, 3.63) is 29.8 Å². The Bertz CT molecular complexity index is 633. The van der Waals surface area contributed by atoms with Gasteiger partial charge >= 0.3 is 0 Å². The highest BCUT2D eigenvalue weighted by Gasteiger charge is 2.17. The smallest absolute Gasteiger partial charge is 0.119 e. The van der Waals surface area contributed by atoms with E-state index in [1.807, 2.05) is 0 Å². The van der Waals surface area contributed by atoms with Crippen LogP contribution in [0, 0.1) is 23.7 Å². The summed E-state index contributed by atoms with van der Waals surface area (Å²) in [5.41, 5.74) is 1.49. The van der Waals surface area contributed by atoms with Crippen LogP contribution >= 0.6 is 0 Å². The van der Waals surface area contributed by atoms with Crippen LogP contribution in [0.1, 0.15) is 176 Å². The van der Waals surface area contributed by atoms with Crippen molar-refractivity contribution in [3.8, 4) is 5.75 Å². The molecule has 0 saturated carbocycles. The van der Waals surface area contributed by atoms with Crippen LogP contribution in [0.3, 0.4) is 0 Å². The zero-order valence-corrected chi connectivity index (χ0v) is 27.0. The third-order valence-corrected chi connectivity index (χ3v) is 8.87. The van der Waals surface area contributed by atoms with Gasteiger partial charge < -0.3 is 4.74 Å². The van der Waals surface area contributed by atoms with Crippen molar-refractivity contribution in [2.24, 2.45) is 23.7 Å². The molecule has 0 bridgehead atoms. The summed E-state index contributed by atoms with van der Waals surface area (Å²) in [6.07, 6.45) is 24.7. The summed E-state index contributed by atoms with van der Waals surface area (Å²) >= 11 is 0. The van der Waals surface area contributed by atoms with Gasteiger partial charge in [-0.3, -0.25) is 0 Å². The topological polar surface area (TPSA) is 9.23 Å². The Morgan fingerprint density at radius 1 is 0.579 bits per heavy atom. The average Bonchev–Trinajstić information content (AvgIpc) is 2.90. The van der Waals surface area contributed by atoms with E-state index in [2.05, 4.69) is 72.7 Å². The van der Waals surface area contributed by atoms with Crippen molar-refractivity contribution in [1.29, 1.82) is 0 Å². The Morgan fingerprint density at radius 2 is 1.18 bits per heavy atom. The maximum atomic E-state index is 6.04. The summed E-state index contributed by atoms with van der Waals surface area (Å²) in [7, 11) is 0. The van der Waals surface area contributed by atoms with Crippen molar-refractivity contribution in [1.82, 2.24) is 0 Å². The van der Waals surface area contributed by atoms with Crippen LogP contribution in [-0.2, 0) is 0 Å². The zero-order valence-electron chi connectivity index (χ0n) is 27.0. The SMILES string of the molecule is CCCCCCCCOc1ccc(C(C)CC(CCCCCCCC(C)C)CCC(C)CC(C)CC)cc1. The van der Waals surface area contributed by atoms with Crippen molar-refractivity contribution in [2.75, 3.05) is 6.61 Å². The highest BCUT2D eigenvalue weighted by molar-refractivity contribution is 5.29. The van der Waals surface area contributed by atoms with E-state index in [9.17, 15) is 0 Å². The lowest BCUT2D eigenvalue weighted by Crippen LogP contribution is -2.10. The Labute approximate surface area is 240 Å². The summed E-state index contributed by atoms with van der Waals surface area (Å²) in [5.74, 6) is 5.13. The summed E-state index contributed by atoms with van der Waals surface area (Å²) < 4.78 is 6.04. The third-order valence-electron chi connectivity index (χ3n) is 8.87. The molecule has 0 aliphatic carbocycles. The molecule has 0 amide bonds. The van der Waals surface area contributed by atoms with Crippen LogP contribution < -0.4 is 4.74 Å². The molecule has 0 aliphatic rings. The minimum atomic E-state index is 0.628. The van der Waals surface area contributed by atoms with Gasteiger partial charge in [-0.25, -0.2) is 0 Å². The minimum Gasteiger partial charge on any atom is -0.494 e. The quantitative estimate of drug-likeness (QED) is 0.115. The predicted octanol–water partition coefficient (Wildman–Crippen LogP) is 12.8. The minimum absolute atomic E-state index is 0.628. The molecule has 0 aromatic heterocycles. The highest BCUT2D eigenvalue weighted by atomic mass is 16.5. The highest BCUT2D eigenvalue weighted by Crippen LogP contribution is 2.32. The molecule has 1 nitrogen and oxygen atoms in total. The zero-order chi connectivity index (χ0) is 28.0. The van der Waals surface area contributed by atoms with E-state index in [4.69, 9.17) is 4.74 Å². The Morgan fingerprint density at radius 3 is 1.82 bits per heavy atom. The average molecular weight is 529 g/mol. The molecule has 0 spiro atoms. The second-order valence-corrected chi connectivity index (χ2v) is 13.4. The molecule has 0 saturated heterocycles. The molecule has 222 valence electrons. The molecular formula is C37H68O. The van der Waals surface area contributed by atoms with Gasteiger partial charge in [-0.2, -0.15) is 0 Å². The summed E-state index contributed by atoms with van der Waals surface area (Å²) in [4.78, 5) is 0. The van der Waals surface area contributed by atoms with E-state index in [0.717, 1.165) is 36.0 Å². The fraction of sp³-hybridized carbons (Fsp3) is 0.838. The maximum absolute atomic E-state index is 6.04. The molecule has 0 heterocycles. The van der Waals surface area contributed by atoms with E-state index in [1.165, 1.54) is 121 Å². The van der Waals surface area contributed by atoms with Crippen molar-refractivity contribution in [2.45, 2.75) is 170 Å². The number of unbranched alkanes of at least 4 members (excludes halogenated alkanes) is 9. The van der Waals surface area contributed by atoms with Crippen LogP contribution in [0.25, 0.3) is 0 Å². The van der Waals surface area contributed by atoms with E-state index in [0.29, 0.717) is 5.92 Å². The number of hydrogen-bond donors (Lipinski definition) is 0. The van der Waals surface area contributed by atoms with Crippen molar-refractivity contribution >= 4 is 0 Å². The predicted molar refractivity (Wildman–Crippen MR) is 171 cm³/mol. The van der Waals surface area contributed by atoms with Gasteiger partial charge in [0, 0.05) is 0 Å². The summed E-state index contributed by atoms with van der Waals surface area (Å²) in [6, 6.07) is 9.09. The molecule has 0 aliphatic heterocycles. The molecule has 0 N–H and O–H groups in total. The monoisotopic (exact) mass is 529 g/mol. The third kappa shape index (κ3) is 18.3. The summed E-state index contributed by atoms with van der Waals surface area (Å²) in [6.45, 7) is 17.6.